The number of amides is 2. The molecule has 1 aromatic heterocycles. The Morgan fingerprint density at radius 1 is 1.00 bits per heavy atom. The van der Waals surface area contributed by atoms with Crippen molar-refractivity contribution in [1.29, 1.82) is 0 Å². The van der Waals surface area contributed by atoms with Crippen LogP contribution in [0.25, 0.3) is 11.1 Å². The number of rotatable bonds is 9. The lowest BCUT2D eigenvalue weighted by molar-refractivity contribution is -0.138. The van der Waals surface area contributed by atoms with E-state index < -0.39 is 22.0 Å². The summed E-state index contributed by atoms with van der Waals surface area (Å²) in [6.45, 7) is 0.354. The molecule has 0 radical (unpaired) electrons. The molecule has 0 aliphatic heterocycles. The van der Waals surface area contributed by atoms with Crippen molar-refractivity contribution in [3.8, 4) is 11.1 Å². The van der Waals surface area contributed by atoms with Crippen LogP contribution in [-0.2, 0) is 27.8 Å². The number of aliphatic carboxylic acids is 1. The van der Waals surface area contributed by atoms with Gasteiger partial charge in [0.15, 0.2) is 0 Å². The number of hydrogen-bond donors (Lipinski definition) is 4. The fraction of sp³-hybridized carbons (Fsp3) is 0.174. The van der Waals surface area contributed by atoms with Crippen molar-refractivity contribution in [3.05, 3.63) is 84.2 Å². The van der Waals surface area contributed by atoms with E-state index in [0.29, 0.717) is 17.8 Å². The van der Waals surface area contributed by atoms with Gasteiger partial charge in [0.05, 0.1) is 6.26 Å². The van der Waals surface area contributed by atoms with E-state index in [1.54, 1.807) is 36.7 Å². The first kappa shape index (κ1) is 23.9. The van der Waals surface area contributed by atoms with Crippen LogP contribution in [0, 0.1) is 0 Å². The third kappa shape index (κ3) is 7.70. The summed E-state index contributed by atoms with van der Waals surface area (Å²) in [4.78, 5) is 27.6. The Kier molecular flexibility index (Phi) is 7.75. The van der Waals surface area contributed by atoms with Gasteiger partial charge in [-0.15, -0.1) is 0 Å². The van der Waals surface area contributed by atoms with E-state index in [-0.39, 0.29) is 12.5 Å². The highest BCUT2D eigenvalue weighted by atomic mass is 32.2. The molecule has 172 valence electrons. The molecule has 2 aromatic carbocycles. The Labute approximate surface area is 191 Å². The van der Waals surface area contributed by atoms with E-state index in [4.69, 9.17) is 0 Å². The molecule has 3 aromatic rings. The van der Waals surface area contributed by atoms with E-state index in [2.05, 4.69) is 20.3 Å². The van der Waals surface area contributed by atoms with Gasteiger partial charge in [0, 0.05) is 24.6 Å². The molecule has 0 unspecified atom stereocenters. The Hall–Kier alpha value is -3.76. The molecule has 4 N–H and O–H groups in total. The maximum atomic E-state index is 12.2. The van der Waals surface area contributed by atoms with Gasteiger partial charge in [0.1, 0.15) is 6.04 Å². The minimum absolute atomic E-state index is 0.0153. The maximum absolute atomic E-state index is 12.2. The van der Waals surface area contributed by atoms with Gasteiger partial charge in [-0.3, -0.25) is 9.78 Å². The molecule has 2 amide bonds. The Morgan fingerprint density at radius 3 is 2.39 bits per heavy atom. The predicted octanol–water partition coefficient (Wildman–Crippen LogP) is 2.62. The van der Waals surface area contributed by atoms with E-state index >= 15 is 0 Å². The quantitative estimate of drug-likeness (QED) is 0.381. The molecule has 3 rings (SSSR count). The van der Waals surface area contributed by atoms with Crippen molar-refractivity contribution in [1.82, 2.24) is 15.0 Å². The summed E-state index contributed by atoms with van der Waals surface area (Å²) >= 11 is 0. The van der Waals surface area contributed by atoms with Gasteiger partial charge in [0.2, 0.25) is 10.0 Å². The first-order chi connectivity index (χ1) is 15.7. The Bertz CT molecular complexity index is 1220. The summed E-state index contributed by atoms with van der Waals surface area (Å²) in [7, 11) is -3.65. The average Bonchev–Trinajstić information content (AvgIpc) is 2.78. The van der Waals surface area contributed by atoms with Gasteiger partial charge >= 0.3 is 12.0 Å². The summed E-state index contributed by atoms with van der Waals surface area (Å²) in [5, 5.41) is 14.8. The van der Waals surface area contributed by atoms with Crippen LogP contribution in [0.5, 0.6) is 0 Å². The number of pyridine rings is 1. The first-order valence-electron chi connectivity index (χ1n) is 10.0. The van der Waals surface area contributed by atoms with Gasteiger partial charge in [-0.1, -0.05) is 42.5 Å². The fourth-order valence-electron chi connectivity index (χ4n) is 3.14. The molecule has 33 heavy (non-hydrogen) atoms. The number of aromatic nitrogens is 1. The lowest BCUT2D eigenvalue weighted by Gasteiger charge is -2.13. The standard InChI is InChI=1S/C23H24N4O5S/c1-33(31,32)27-21(22(28)29)12-16-7-9-18(10-8-16)19-5-2-6-20(13-19)26-23(30)25-15-17-4-3-11-24-14-17/h2-11,13-14,21,27H,12,15H2,1H3,(H,28,29)(H2,25,26,30)/t21-/m0/s1. The zero-order chi connectivity index (χ0) is 23.8. The minimum Gasteiger partial charge on any atom is -0.480 e. The maximum Gasteiger partial charge on any atom is 0.322 e. The van der Waals surface area contributed by atoms with Gasteiger partial charge in [0.25, 0.3) is 0 Å². The number of anilines is 1. The lowest BCUT2D eigenvalue weighted by Crippen LogP contribution is -2.41. The number of urea groups is 1. The molecule has 1 atom stereocenters. The number of carbonyl (C=O) groups is 2. The number of benzene rings is 2. The summed E-state index contributed by atoms with van der Waals surface area (Å²) < 4.78 is 24.9. The highest BCUT2D eigenvalue weighted by Gasteiger charge is 2.21. The van der Waals surface area contributed by atoms with E-state index in [1.807, 2.05) is 36.4 Å². The second-order valence-corrected chi connectivity index (χ2v) is 9.21. The number of nitrogens with zero attached hydrogens (tertiary/aromatic N) is 1. The van der Waals surface area contributed by atoms with Crippen molar-refractivity contribution < 1.29 is 23.1 Å². The van der Waals surface area contributed by atoms with Gasteiger partial charge < -0.3 is 15.7 Å². The van der Waals surface area contributed by atoms with Crippen molar-refractivity contribution in [2.45, 2.75) is 19.0 Å². The third-order valence-electron chi connectivity index (χ3n) is 4.68. The van der Waals surface area contributed by atoms with Crippen LogP contribution < -0.4 is 15.4 Å². The first-order valence-corrected chi connectivity index (χ1v) is 11.9. The normalized spacial score (nSPS) is 12.0. The topological polar surface area (TPSA) is 137 Å². The van der Waals surface area contributed by atoms with Crippen LogP contribution in [0.15, 0.2) is 73.1 Å². The van der Waals surface area contributed by atoms with Crippen LogP contribution in [0.2, 0.25) is 0 Å². The summed E-state index contributed by atoms with van der Waals surface area (Å²) in [5.41, 5.74) is 3.89. The van der Waals surface area contributed by atoms with Crippen LogP contribution in [0.1, 0.15) is 11.1 Å². The lowest BCUT2D eigenvalue weighted by atomic mass is 10.0. The van der Waals surface area contributed by atoms with E-state index in [0.717, 1.165) is 22.9 Å². The molecule has 0 saturated carbocycles. The molecular weight excluding hydrogens is 444 g/mol. The second kappa shape index (κ2) is 10.7. The summed E-state index contributed by atoms with van der Waals surface area (Å²) in [5.74, 6) is -1.25. The zero-order valence-corrected chi connectivity index (χ0v) is 18.7. The monoisotopic (exact) mass is 468 g/mol. The second-order valence-electron chi connectivity index (χ2n) is 7.43. The van der Waals surface area contributed by atoms with Crippen molar-refractivity contribution in [3.63, 3.8) is 0 Å². The molecule has 10 heteroatoms. The zero-order valence-electron chi connectivity index (χ0n) is 17.9. The van der Waals surface area contributed by atoms with Crippen LogP contribution in [-0.4, -0.2) is 42.8 Å². The third-order valence-corrected chi connectivity index (χ3v) is 5.39. The Morgan fingerprint density at radius 2 is 1.76 bits per heavy atom. The van der Waals surface area contributed by atoms with Crippen LogP contribution in [0.3, 0.4) is 0 Å². The van der Waals surface area contributed by atoms with E-state index in [9.17, 15) is 23.1 Å². The van der Waals surface area contributed by atoms with Crippen LogP contribution in [0.4, 0.5) is 10.5 Å². The molecule has 0 bridgehead atoms. The van der Waals surface area contributed by atoms with E-state index in [1.165, 1.54) is 0 Å². The highest BCUT2D eigenvalue weighted by molar-refractivity contribution is 7.88. The van der Waals surface area contributed by atoms with Gasteiger partial charge in [-0.2, -0.15) is 0 Å². The summed E-state index contributed by atoms with van der Waals surface area (Å²) in [6.07, 6.45) is 4.28. The number of sulfonamides is 1. The molecule has 0 spiro atoms. The van der Waals surface area contributed by atoms with Crippen molar-refractivity contribution in [2.75, 3.05) is 11.6 Å². The predicted molar refractivity (Wildman–Crippen MR) is 125 cm³/mol. The highest BCUT2D eigenvalue weighted by Crippen LogP contribution is 2.23. The number of nitrogens with one attached hydrogen (secondary N) is 3. The number of carboxylic acid groups (broad SMARTS) is 1. The fourth-order valence-corrected chi connectivity index (χ4v) is 3.84. The summed E-state index contributed by atoms with van der Waals surface area (Å²) in [6, 6.07) is 16.5. The average molecular weight is 469 g/mol. The number of hydrogen-bond acceptors (Lipinski definition) is 5. The number of carboxylic acids is 1. The number of carbonyl (C=O) groups excluding carboxylic acids is 1. The van der Waals surface area contributed by atoms with Crippen molar-refractivity contribution >= 4 is 27.7 Å². The molecule has 0 aliphatic carbocycles. The van der Waals surface area contributed by atoms with Gasteiger partial charge in [-0.05, 0) is 46.9 Å². The smallest absolute Gasteiger partial charge is 0.322 e. The Balaban J connectivity index is 1.63. The SMILES string of the molecule is CS(=O)(=O)N[C@@H](Cc1ccc(-c2cccc(NC(=O)NCc3cccnc3)c2)cc1)C(=O)O. The van der Waals surface area contributed by atoms with Crippen molar-refractivity contribution in [2.24, 2.45) is 0 Å². The van der Waals surface area contributed by atoms with Gasteiger partial charge in [-0.25, -0.2) is 17.9 Å². The largest absolute Gasteiger partial charge is 0.480 e. The molecule has 0 aliphatic rings. The molecule has 0 saturated heterocycles. The van der Waals surface area contributed by atoms with Crippen LogP contribution >= 0.6 is 0 Å². The molecule has 9 nitrogen and oxygen atoms in total. The minimum atomic E-state index is -3.65. The molecule has 1 heterocycles. The molecular formula is C23H24N4O5S. The molecule has 0 fully saturated rings.